The second-order valence-electron chi connectivity index (χ2n) is 2.04. The monoisotopic (exact) mass is 157 g/mol. The first-order valence-corrected chi connectivity index (χ1v) is 4.17. The lowest BCUT2D eigenvalue weighted by Crippen LogP contribution is -2.15. The van der Waals surface area contributed by atoms with Gasteiger partial charge in [-0.2, -0.15) is 5.21 Å². The van der Waals surface area contributed by atoms with E-state index in [9.17, 15) is 0 Å². The molecular formula is C4H7N5S. The molecule has 6 heteroatoms. The number of thioether (sulfide) groups is 1. The lowest BCUT2D eigenvalue weighted by molar-refractivity contribution is 0.633. The van der Waals surface area contributed by atoms with Crippen LogP contribution in [0.5, 0.6) is 0 Å². The highest BCUT2D eigenvalue weighted by atomic mass is 32.2. The van der Waals surface area contributed by atoms with E-state index in [1.807, 2.05) is 11.8 Å². The quantitative estimate of drug-likeness (QED) is 0.577. The van der Waals surface area contributed by atoms with E-state index in [4.69, 9.17) is 0 Å². The standard InChI is InChI=1S/C4H7N5S/c1-3(5-2-10-1)4-6-8-9-7-4/h3,5H,1-2H2,(H,6,7,8,9)/t3-/m0/s1. The third-order valence-electron chi connectivity index (χ3n) is 1.39. The number of hydrogen-bond donors (Lipinski definition) is 2. The number of H-pyrrole nitrogens is 1. The molecule has 54 valence electrons. The maximum atomic E-state index is 3.88. The number of nitrogens with zero attached hydrogens (tertiary/aromatic N) is 3. The fourth-order valence-corrected chi connectivity index (χ4v) is 1.82. The lowest BCUT2D eigenvalue weighted by Gasteiger charge is -1.99. The van der Waals surface area contributed by atoms with Crippen molar-refractivity contribution in [2.75, 3.05) is 11.6 Å². The molecule has 1 atom stereocenters. The molecule has 0 radical (unpaired) electrons. The first-order chi connectivity index (χ1) is 4.97. The Bertz CT molecular complexity index is 191. The van der Waals surface area contributed by atoms with Crippen molar-refractivity contribution >= 4 is 11.8 Å². The van der Waals surface area contributed by atoms with Crippen LogP contribution in [-0.2, 0) is 0 Å². The summed E-state index contributed by atoms with van der Waals surface area (Å²) in [7, 11) is 0. The molecule has 1 aromatic rings. The Kier molecular flexibility index (Phi) is 1.56. The number of rotatable bonds is 1. The average molecular weight is 157 g/mol. The van der Waals surface area contributed by atoms with Crippen molar-refractivity contribution in [3.05, 3.63) is 5.82 Å². The van der Waals surface area contributed by atoms with E-state index in [1.165, 1.54) is 0 Å². The van der Waals surface area contributed by atoms with Crippen LogP contribution < -0.4 is 5.32 Å². The van der Waals surface area contributed by atoms with Crippen molar-refractivity contribution in [2.45, 2.75) is 6.04 Å². The minimum Gasteiger partial charge on any atom is -0.297 e. The molecule has 0 aromatic carbocycles. The van der Waals surface area contributed by atoms with Gasteiger partial charge < -0.3 is 0 Å². The highest BCUT2D eigenvalue weighted by Gasteiger charge is 2.19. The molecule has 1 saturated heterocycles. The molecule has 0 spiro atoms. The SMILES string of the molecule is C1N[C@H](c2nn[nH]n2)CS1. The zero-order valence-electron chi connectivity index (χ0n) is 5.24. The molecule has 1 aliphatic heterocycles. The molecule has 0 unspecified atom stereocenters. The molecule has 1 aromatic heterocycles. The number of aromatic amines is 1. The van der Waals surface area contributed by atoms with E-state index in [2.05, 4.69) is 25.9 Å². The highest BCUT2D eigenvalue weighted by molar-refractivity contribution is 7.99. The Morgan fingerprint density at radius 1 is 1.60 bits per heavy atom. The summed E-state index contributed by atoms with van der Waals surface area (Å²) in [5, 5.41) is 16.9. The maximum Gasteiger partial charge on any atom is 0.192 e. The molecule has 1 fully saturated rings. The third kappa shape index (κ3) is 0.994. The molecule has 10 heavy (non-hydrogen) atoms. The molecule has 0 aliphatic carbocycles. The summed E-state index contributed by atoms with van der Waals surface area (Å²) in [6, 6.07) is 0.295. The van der Waals surface area contributed by atoms with Crippen molar-refractivity contribution in [1.82, 2.24) is 25.9 Å². The maximum absolute atomic E-state index is 3.88. The van der Waals surface area contributed by atoms with Gasteiger partial charge in [0.05, 0.1) is 6.04 Å². The summed E-state index contributed by atoms with van der Waals surface area (Å²) >= 11 is 1.85. The van der Waals surface area contributed by atoms with Gasteiger partial charge in [0.2, 0.25) is 0 Å². The third-order valence-corrected chi connectivity index (χ3v) is 2.33. The lowest BCUT2D eigenvalue weighted by atomic mass is 10.3. The predicted octanol–water partition coefficient (Wildman–Crippen LogP) is -0.465. The van der Waals surface area contributed by atoms with Crippen LogP contribution in [0.1, 0.15) is 11.9 Å². The van der Waals surface area contributed by atoms with E-state index in [0.29, 0.717) is 6.04 Å². The Hall–Kier alpha value is -0.620. The molecular weight excluding hydrogens is 150 g/mol. The summed E-state index contributed by atoms with van der Waals surface area (Å²) in [4.78, 5) is 0. The van der Waals surface area contributed by atoms with E-state index < -0.39 is 0 Å². The summed E-state index contributed by atoms with van der Waals surface area (Å²) in [5.41, 5.74) is 0. The van der Waals surface area contributed by atoms with Crippen molar-refractivity contribution in [1.29, 1.82) is 0 Å². The molecule has 1 aliphatic rings. The van der Waals surface area contributed by atoms with E-state index in [-0.39, 0.29) is 0 Å². The fourth-order valence-electron chi connectivity index (χ4n) is 0.878. The minimum atomic E-state index is 0.295. The largest absolute Gasteiger partial charge is 0.297 e. The Labute approximate surface area is 62.0 Å². The van der Waals surface area contributed by atoms with Crippen LogP contribution in [-0.4, -0.2) is 32.3 Å². The molecule has 0 bridgehead atoms. The fraction of sp³-hybridized carbons (Fsp3) is 0.750. The summed E-state index contributed by atoms with van der Waals surface area (Å²) in [6.45, 7) is 0. The van der Waals surface area contributed by atoms with Crippen molar-refractivity contribution < 1.29 is 0 Å². The summed E-state index contributed by atoms with van der Waals surface area (Å²) < 4.78 is 0. The number of hydrogen-bond acceptors (Lipinski definition) is 5. The number of tetrazole rings is 1. The van der Waals surface area contributed by atoms with Crippen LogP contribution in [0, 0.1) is 0 Å². The van der Waals surface area contributed by atoms with Crippen LogP contribution in [0.25, 0.3) is 0 Å². The van der Waals surface area contributed by atoms with Crippen LogP contribution in [0.15, 0.2) is 0 Å². The van der Waals surface area contributed by atoms with E-state index >= 15 is 0 Å². The molecule has 5 nitrogen and oxygen atoms in total. The summed E-state index contributed by atoms with van der Waals surface area (Å²) in [5.74, 6) is 2.80. The van der Waals surface area contributed by atoms with E-state index in [1.54, 1.807) is 0 Å². The normalized spacial score (nSPS) is 25.4. The minimum absolute atomic E-state index is 0.295. The second-order valence-corrected chi connectivity index (χ2v) is 3.07. The van der Waals surface area contributed by atoms with Gasteiger partial charge in [0.15, 0.2) is 5.82 Å². The Morgan fingerprint density at radius 2 is 2.60 bits per heavy atom. The van der Waals surface area contributed by atoms with Crippen molar-refractivity contribution in [2.24, 2.45) is 0 Å². The summed E-state index contributed by atoms with van der Waals surface area (Å²) in [6.07, 6.45) is 0. The van der Waals surface area contributed by atoms with Gasteiger partial charge >= 0.3 is 0 Å². The highest BCUT2D eigenvalue weighted by Crippen LogP contribution is 2.19. The second kappa shape index (κ2) is 2.55. The smallest absolute Gasteiger partial charge is 0.192 e. The van der Waals surface area contributed by atoms with Gasteiger partial charge in [0.1, 0.15) is 0 Å². The van der Waals surface area contributed by atoms with Gasteiger partial charge in [-0.3, -0.25) is 5.32 Å². The van der Waals surface area contributed by atoms with Gasteiger partial charge in [-0.05, 0) is 0 Å². The van der Waals surface area contributed by atoms with Crippen molar-refractivity contribution in [3.8, 4) is 0 Å². The first kappa shape index (κ1) is 6.11. The molecule has 0 amide bonds. The average Bonchev–Trinajstić information content (AvgIpc) is 2.59. The number of nitrogens with one attached hydrogen (secondary N) is 2. The molecule has 0 saturated carbocycles. The first-order valence-electron chi connectivity index (χ1n) is 3.01. The zero-order chi connectivity index (χ0) is 6.81. The molecule has 2 N–H and O–H groups in total. The van der Waals surface area contributed by atoms with Gasteiger partial charge in [-0.1, -0.05) is 5.21 Å². The molecule has 2 heterocycles. The Balaban J connectivity index is 2.12. The van der Waals surface area contributed by atoms with Gasteiger partial charge in [-0.15, -0.1) is 22.0 Å². The van der Waals surface area contributed by atoms with Crippen LogP contribution in [0.3, 0.4) is 0 Å². The Morgan fingerprint density at radius 3 is 3.20 bits per heavy atom. The van der Waals surface area contributed by atoms with Crippen molar-refractivity contribution in [3.63, 3.8) is 0 Å². The van der Waals surface area contributed by atoms with Crippen LogP contribution >= 0.6 is 11.8 Å². The van der Waals surface area contributed by atoms with Crippen LogP contribution in [0.2, 0.25) is 0 Å². The predicted molar refractivity (Wildman–Crippen MR) is 37.4 cm³/mol. The van der Waals surface area contributed by atoms with Crippen LogP contribution in [0.4, 0.5) is 0 Å². The molecule has 2 rings (SSSR count). The topological polar surface area (TPSA) is 66.5 Å². The van der Waals surface area contributed by atoms with Gasteiger partial charge in [0, 0.05) is 11.6 Å². The van der Waals surface area contributed by atoms with Gasteiger partial charge in [0.25, 0.3) is 0 Å². The van der Waals surface area contributed by atoms with E-state index in [0.717, 1.165) is 17.5 Å². The van der Waals surface area contributed by atoms with Gasteiger partial charge in [-0.25, -0.2) is 0 Å². The zero-order valence-corrected chi connectivity index (χ0v) is 6.06. The number of aromatic nitrogens is 4.